The number of benzene rings is 4. The minimum atomic E-state index is 0.700. The van der Waals surface area contributed by atoms with Gasteiger partial charge < -0.3 is 4.57 Å². The molecule has 1 heterocycles. The van der Waals surface area contributed by atoms with Gasteiger partial charge >= 0.3 is 0 Å². The van der Waals surface area contributed by atoms with Crippen molar-refractivity contribution in [3.63, 3.8) is 0 Å². The molecule has 0 saturated heterocycles. The summed E-state index contributed by atoms with van der Waals surface area (Å²) >= 11 is 0. The Hall–Kier alpha value is -4.09. The van der Waals surface area contributed by atoms with Gasteiger partial charge in [0.15, 0.2) is 0 Å². The third kappa shape index (κ3) is 2.72. The van der Waals surface area contributed by atoms with Gasteiger partial charge in [0.1, 0.15) is 0 Å². The zero-order valence-electron chi connectivity index (χ0n) is 18.0. The van der Waals surface area contributed by atoms with Crippen molar-refractivity contribution in [1.82, 2.24) is 4.57 Å². The molecule has 0 unspecified atom stereocenters. The zero-order chi connectivity index (χ0) is 21.7. The fourth-order valence-corrected chi connectivity index (χ4v) is 5.21. The topological polar surface area (TPSA) is 28.7 Å². The summed E-state index contributed by atoms with van der Waals surface area (Å²) in [6, 6.07) is 30.1. The third-order valence-corrected chi connectivity index (χ3v) is 6.63. The van der Waals surface area contributed by atoms with Gasteiger partial charge in [0.2, 0.25) is 0 Å². The van der Waals surface area contributed by atoms with Crippen molar-refractivity contribution in [3.8, 4) is 22.9 Å². The number of hydrogen-bond acceptors (Lipinski definition) is 1. The number of nitriles is 1. The lowest BCUT2D eigenvalue weighted by molar-refractivity contribution is 0.892. The van der Waals surface area contributed by atoms with Crippen molar-refractivity contribution >= 4 is 27.8 Å². The van der Waals surface area contributed by atoms with Crippen molar-refractivity contribution in [1.29, 1.82) is 5.26 Å². The van der Waals surface area contributed by atoms with Crippen LogP contribution in [-0.4, -0.2) is 4.57 Å². The standard InChI is InChI=1S/C30H22N2/c1-20-18-21(19-31)16-17-22(20)23-10-6-12-25-24(23)11-7-15-30(25)32-28-13-4-2-8-26(28)27-9-3-5-14-29(27)32/h2-4,6-13,15-18H,5,14H2,1H3. The Morgan fingerprint density at radius 1 is 0.812 bits per heavy atom. The normalized spacial score (nSPS) is 12.8. The van der Waals surface area contributed by atoms with E-state index in [9.17, 15) is 5.26 Å². The van der Waals surface area contributed by atoms with Gasteiger partial charge in [-0.1, -0.05) is 66.7 Å². The van der Waals surface area contributed by atoms with Gasteiger partial charge in [-0.25, -0.2) is 0 Å². The highest BCUT2D eigenvalue weighted by molar-refractivity contribution is 6.03. The highest BCUT2D eigenvalue weighted by Gasteiger charge is 2.20. The van der Waals surface area contributed by atoms with Crippen molar-refractivity contribution in [2.75, 3.05) is 0 Å². The smallest absolute Gasteiger partial charge is 0.0991 e. The SMILES string of the molecule is Cc1cc(C#N)ccc1-c1cccc2c(-n3c4c(c5ccccc53)C=CCC4)cccc12. The average Bonchev–Trinajstić information content (AvgIpc) is 3.18. The minimum absolute atomic E-state index is 0.700. The molecule has 1 aliphatic carbocycles. The van der Waals surface area contributed by atoms with E-state index in [2.05, 4.69) is 96.4 Å². The largest absolute Gasteiger partial charge is 0.312 e. The van der Waals surface area contributed by atoms with Crippen LogP contribution >= 0.6 is 0 Å². The van der Waals surface area contributed by atoms with E-state index in [1.54, 1.807) is 0 Å². The van der Waals surface area contributed by atoms with Crippen LogP contribution in [0.3, 0.4) is 0 Å². The van der Waals surface area contributed by atoms with E-state index in [-0.39, 0.29) is 0 Å². The van der Waals surface area contributed by atoms with Gasteiger partial charge in [-0.15, -0.1) is 0 Å². The maximum absolute atomic E-state index is 9.26. The third-order valence-electron chi connectivity index (χ3n) is 6.63. The monoisotopic (exact) mass is 410 g/mol. The molecule has 0 atom stereocenters. The van der Waals surface area contributed by atoms with Gasteiger partial charge in [-0.3, -0.25) is 0 Å². The molecule has 0 spiro atoms. The lowest BCUT2D eigenvalue weighted by Crippen LogP contribution is -2.03. The molecule has 0 aliphatic heterocycles. The van der Waals surface area contributed by atoms with Gasteiger partial charge in [0.05, 0.1) is 22.8 Å². The van der Waals surface area contributed by atoms with Crippen LogP contribution in [0.2, 0.25) is 0 Å². The predicted molar refractivity (Wildman–Crippen MR) is 133 cm³/mol. The number of aryl methyl sites for hydroxylation is 1. The fourth-order valence-electron chi connectivity index (χ4n) is 5.21. The molecule has 0 saturated carbocycles. The fraction of sp³-hybridized carbons (Fsp3) is 0.100. The van der Waals surface area contributed by atoms with E-state index in [1.165, 1.54) is 49.7 Å². The summed E-state index contributed by atoms with van der Waals surface area (Å²) in [5.41, 5.74) is 9.43. The molecule has 5 aromatic rings. The van der Waals surface area contributed by atoms with Gasteiger partial charge in [0.25, 0.3) is 0 Å². The van der Waals surface area contributed by atoms with Gasteiger partial charge in [0, 0.05) is 22.0 Å². The highest BCUT2D eigenvalue weighted by atomic mass is 15.0. The van der Waals surface area contributed by atoms with Crippen LogP contribution < -0.4 is 0 Å². The average molecular weight is 411 g/mol. The molecular weight excluding hydrogens is 388 g/mol. The summed E-state index contributed by atoms with van der Waals surface area (Å²) in [4.78, 5) is 0. The molecule has 0 fully saturated rings. The zero-order valence-corrected chi connectivity index (χ0v) is 18.0. The molecule has 1 aromatic heterocycles. The molecule has 4 aromatic carbocycles. The maximum atomic E-state index is 9.26. The summed E-state index contributed by atoms with van der Waals surface area (Å²) < 4.78 is 2.46. The van der Waals surface area contributed by atoms with Crippen molar-refractivity contribution in [2.24, 2.45) is 0 Å². The van der Waals surface area contributed by atoms with Crippen LogP contribution in [0.25, 0.3) is 44.6 Å². The summed E-state index contributed by atoms with van der Waals surface area (Å²) in [5, 5.41) is 13.1. The number of hydrogen-bond donors (Lipinski definition) is 0. The number of nitrogens with zero attached hydrogens (tertiary/aromatic N) is 2. The maximum Gasteiger partial charge on any atom is 0.0991 e. The Kier molecular flexibility index (Phi) is 4.23. The van der Waals surface area contributed by atoms with E-state index < -0.39 is 0 Å². The van der Waals surface area contributed by atoms with Crippen LogP contribution in [0.1, 0.15) is 28.8 Å². The van der Waals surface area contributed by atoms with E-state index in [0.29, 0.717) is 5.56 Å². The highest BCUT2D eigenvalue weighted by Crippen LogP contribution is 2.38. The number of allylic oxidation sites excluding steroid dienone is 1. The molecule has 0 radical (unpaired) electrons. The number of para-hydroxylation sites is 1. The lowest BCUT2D eigenvalue weighted by atomic mass is 9.93. The van der Waals surface area contributed by atoms with Gasteiger partial charge in [-0.05, 0) is 66.1 Å². The molecule has 0 N–H and O–H groups in total. The predicted octanol–water partition coefficient (Wildman–Crippen LogP) is 7.59. The minimum Gasteiger partial charge on any atom is -0.312 e. The molecule has 0 bridgehead atoms. The van der Waals surface area contributed by atoms with Crippen LogP contribution in [0.15, 0.2) is 84.9 Å². The van der Waals surface area contributed by atoms with Crippen molar-refractivity contribution in [3.05, 3.63) is 107 Å². The van der Waals surface area contributed by atoms with E-state index in [4.69, 9.17) is 0 Å². The van der Waals surface area contributed by atoms with E-state index in [1.807, 2.05) is 12.1 Å². The first-order chi connectivity index (χ1) is 15.8. The van der Waals surface area contributed by atoms with Crippen LogP contribution in [0, 0.1) is 18.3 Å². The second kappa shape index (κ2) is 7.25. The molecule has 32 heavy (non-hydrogen) atoms. The van der Waals surface area contributed by atoms with Crippen molar-refractivity contribution < 1.29 is 0 Å². The summed E-state index contributed by atoms with van der Waals surface area (Å²) in [7, 11) is 0. The molecule has 6 rings (SSSR count). The number of rotatable bonds is 2. The second-order valence-electron chi connectivity index (χ2n) is 8.47. The van der Waals surface area contributed by atoms with E-state index >= 15 is 0 Å². The number of aromatic nitrogens is 1. The first-order valence-electron chi connectivity index (χ1n) is 11.1. The van der Waals surface area contributed by atoms with Crippen LogP contribution in [0.4, 0.5) is 0 Å². The molecule has 152 valence electrons. The number of fused-ring (bicyclic) bond motifs is 4. The second-order valence-corrected chi connectivity index (χ2v) is 8.47. The molecule has 2 nitrogen and oxygen atoms in total. The molecule has 0 amide bonds. The Morgan fingerprint density at radius 3 is 2.50 bits per heavy atom. The Labute approximate surface area is 187 Å². The van der Waals surface area contributed by atoms with Crippen LogP contribution in [-0.2, 0) is 6.42 Å². The summed E-state index contributed by atoms with van der Waals surface area (Å²) in [5.74, 6) is 0. The Balaban J connectivity index is 1.66. The molecule has 2 heteroatoms. The first-order valence-corrected chi connectivity index (χ1v) is 11.1. The van der Waals surface area contributed by atoms with E-state index in [0.717, 1.165) is 18.4 Å². The first kappa shape index (κ1) is 18.7. The lowest BCUT2D eigenvalue weighted by Gasteiger charge is -2.17. The van der Waals surface area contributed by atoms with Gasteiger partial charge in [-0.2, -0.15) is 5.26 Å². The quantitative estimate of drug-likeness (QED) is 0.295. The molecule has 1 aliphatic rings. The summed E-state index contributed by atoms with van der Waals surface area (Å²) in [6.07, 6.45) is 6.69. The van der Waals surface area contributed by atoms with Crippen molar-refractivity contribution in [2.45, 2.75) is 19.8 Å². The molecular formula is C30H22N2. The Bertz CT molecular complexity index is 1590. The van der Waals surface area contributed by atoms with Crippen LogP contribution in [0.5, 0.6) is 0 Å². The summed E-state index contributed by atoms with van der Waals surface area (Å²) in [6.45, 7) is 2.08. The Morgan fingerprint density at radius 2 is 1.62 bits per heavy atom.